The largest absolute Gasteiger partial charge is 0.370 e. The van der Waals surface area contributed by atoms with Crippen LogP contribution in [0.15, 0.2) is 23.3 Å². The Morgan fingerprint density at radius 2 is 1.77 bits per heavy atom. The molecule has 3 aliphatic heterocycles. The highest BCUT2D eigenvalue weighted by Crippen LogP contribution is 2.44. The molecule has 6 nitrogen and oxygen atoms in total. The fourth-order valence-corrected chi connectivity index (χ4v) is 7.42. The summed E-state index contributed by atoms with van der Waals surface area (Å²) in [5.74, 6) is -0.941. The van der Waals surface area contributed by atoms with Crippen LogP contribution in [0, 0.1) is 5.41 Å². The number of ether oxygens (including phenoxy) is 1. The van der Waals surface area contributed by atoms with E-state index in [1.807, 2.05) is 0 Å². The molecule has 1 aliphatic carbocycles. The summed E-state index contributed by atoms with van der Waals surface area (Å²) in [5, 5.41) is -0.139. The highest BCUT2D eigenvalue weighted by Gasteiger charge is 2.49. The van der Waals surface area contributed by atoms with Gasteiger partial charge in [0.05, 0.1) is 17.7 Å². The lowest BCUT2D eigenvalue weighted by atomic mass is 9.77. The van der Waals surface area contributed by atoms with Crippen LogP contribution in [0.1, 0.15) is 52.4 Å². The predicted octanol–water partition coefficient (Wildman–Crippen LogP) is 2.87. The van der Waals surface area contributed by atoms with E-state index < -0.39 is 33.8 Å². The maximum absolute atomic E-state index is 14.0. The SMILES string of the molecule is CC(F)=CC(=C(C)F)C1OCC(N2CCC3(CC2)CCN(S(=O)(=O)C2CC2)C3)CC1N. The third-order valence-corrected chi connectivity index (χ3v) is 9.89. The fourth-order valence-electron chi connectivity index (χ4n) is 5.47. The normalized spacial score (nSPS) is 34.2. The maximum Gasteiger partial charge on any atom is 0.216 e. The maximum atomic E-state index is 14.0. The van der Waals surface area contributed by atoms with Crippen LogP contribution in [0.2, 0.25) is 0 Å². The highest BCUT2D eigenvalue weighted by molar-refractivity contribution is 7.90. The summed E-state index contributed by atoms with van der Waals surface area (Å²) in [6.45, 7) is 6.09. The summed E-state index contributed by atoms with van der Waals surface area (Å²) in [6.07, 6.45) is 5.69. The van der Waals surface area contributed by atoms with Crippen LogP contribution in [0.3, 0.4) is 0 Å². The van der Waals surface area contributed by atoms with Gasteiger partial charge in [-0.2, -0.15) is 0 Å². The topological polar surface area (TPSA) is 75.9 Å². The molecule has 0 aromatic carbocycles. The number of halogens is 2. The van der Waals surface area contributed by atoms with Crippen molar-refractivity contribution in [3.63, 3.8) is 0 Å². The summed E-state index contributed by atoms with van der Waals surface area (Å²) in [6, 6.07) is -0.260. The first-order chi connectivity index (χ1) is 14.6. The molecule has 4 rings (SSSR count). The number of allylic oxidation sites excluding steroid dienone is 2. The monoisotopic (exact) mass is 459 g/mol. The number of hydrogen-bond donors (Lipinski definition) is 1. The molecule has 31 heavy (non-hydrogen) atoms. The molecule has 0 radical (unpaired) electrons. The number of rotatable bonds is 5. The van der Waals surface area contributed by atoms with Gasteiger partial charge in [-0.15, -0.1) is 0 Å². The summed E-state index contributed by atoms with van der Waals surface area (Å²) >= 11 is 0. The number of sulfonamides is 1. The second-order valence-electron chi connectivity index (χ2n) is 9.89. The van der Waals surface area contributed by atoms with E-state index in [0.29, 0.717) is 26.1 Å². The van der Waals surface area contributed by atoms with Gasteiger partial charge in [-0.05, 0) is 77.0 Å². The van der Waals surface area contributed by atoms with Gasteiger partial charge in [0.1, 0.15) is 11.9 Å². The zero-order chi connectivity index (χ0) is 22.4. The summed E-state index contributed by atoms with van der Waals surface area (Å²) < 4.78 is 60.2. The molecule has 1 saturated carbocycles. The van der Waals surface area contributed by atoms with Crippen molar-refractivity contribution >= 4 is 10.0 Å². The molecule has 2 N–H and O–H groups in total. The smallest absolute Gasteiger partial charge is 0.216 e. The van der Waals surface area contributed by atoms with E-state index in [0.717, 1.165) is 45.2 Å². The van der Waals surface area contributed by atoms with Gasteiger partial charge in [-0.25, -0.2) is 21.5 Å². The molecule has 3 saturated heterocycles. The molecule has 176 valence electrons. The zero-order valence-corrected chi connectivity index (χ0v) is 19.3. The molecule has 4 fully saturated rings. The molecule has 1 spiro atoms. The minimum Gasteiger partial charge on any atom is -0.370 e. The fraction of sp³-hybridized carbons (Fsp3) is 0.818. The van der Waals surface area contributed by atoms with E-state index in [4.69, 9.17) is 10.5 Å². The third kappa shape index (κ3) is 4.90. The van der Waals surface area contributed by atoms with Gasteiger partial charge in [0.25, 0.3) is 0 Å². The van der Waals surface area contributed by atoms with Crippen LogP contribution < -0.4 is 5.73 Å². The van der Waals surface area contributed by atoms with E-state index in [1.54, 1.807) is 4.31 Å². The number of nitrogens with two attached hydrogens (primary N) is 1. The van der Waals surface area contributed by atoms with E-state index in [-0.39, 0.29) is 22.3 Å². The quantitative estimate of drug-likeness (QED) is 0.640. The van der Waals surface area contributed by atoms with Crippen LogP contribution in [-0.4, -0.2) is 73.8 Å². The van der Waals surface area contributed by atoms with E-state index in [9.17, 15) is 17.2 Å². The van der Waals surface area contributed by atoms with Crippen molar-refractivity contribution in [3.05, 3.63) is 23.3 Å². The lowest BCUT2D eigenvalue weighted by molar-refractivity contribution is -0.0453. The van der Waals surface area contributed by atoms with Crippen molar-refractivity contribution < 1.29 is 21.9 Å². The molecule has 9 heteroatoms. The molecule has 3 unspecified atom stereocenters. The predicted molar refractivity (Wildman–Crippen MR) is 116 cm³/mol. The lowest BCUT2D eigenvalue weighted by Crippen LogP contribution is -2.55. The standard InChI is InChI=1S/C22H35F2N3O3S/c1-15(23)11-19(16(2)24)21-20(25)12-17(13-30-21)26-8-5-22(6-9-26)7-10-27(14-22)31(28,29)18-3-4-18/h11,17-18,20-21H,3-10,12-14,25H2,1-2H3. The Labute approximate surface area is 184 Å². The molecular formula is C22H35F2N3O3S. The molecule has 0 aromatic heterocycles. The van der Waals surface area contributed by atoms with Crippen LogP contribution in [-0.2, 0) is 14.8 Å². The Balaban J connectivity index is 1.32. The van der Waals surface area contributed by atoms with Crippen LogP contribution >= 0.6 is 0 Å². The Morgan fingerprint density at radius 1 is 1.13 bits per heavy atom. The first kappa shape index (κ1) is 23.3. The number of hydrogen-bond acceptors (Lipinski definition) is 5. The first-order valence-corrected chi connectivity index (χ1v) is 12.9. The van der Waals surface area contributed by atoms with Gasteiger partial charge >= 0.3 is 0 Å². The third-order valence-electron chi connectivity index (χ3n) is 7.54. The van der Waals surface area contributed by atoms with Gasteiger partial charge in [0.15, 0.2) is 0 Å². The van der Waals surface area contributed by atoms with Gasteiger partial charge in [0, 0.05) is 30.7 Å². The van der Waals surface area contributed by atoms with E-state index in [1.165, 1.54) is 19.9 Å². The van der Waals surface area contributed by atoms with Crippen molar-refractivity contribution in [2.45, 2.75) is 75.8 Å². The minimum atomic E-state index is -3.10. The second kappa shape index (κ2) is 8.82. The number of piperidine rings is 1. The van der Waals surface area contributed by atoms with Gasteiger partial charge in [-0.1, -0.05) is 0 Å². The summed E-state index contributed by atoms with van der Waals surface area (Å²) in [7, 11) is -3.10. The Bertz CT molecular complexity index is 840. The van der Waals surface area contributed by atoms with Crippen molar-refractivity contribution in [1.82, 2.24) is 9.21 Å². The molecular weight excluding hydrogens is 424 g/mol. The minimum absolute atomic E-state index is 0.0866. The summed E-state index contributed by atoms with van der Waals surface area (Å²) in [5.41, 5.74) is 6.60. The Morgan fingerprint density at radius 3 is 2.32 bits per heavy atom. The van der Waals surface area contributed by atoms with Gasteiger partial charge in [-0.3, -0.25) is 4.90 Å². The van der Waals surface area contributed by atoms with Gasteiger partial charge < -0.3 is 10.5 Å². The Hall–Kier alpha value is -0.870. The average molecular weight is 460 g/mol. The molecule has 3 atom stereocenters. The molecule has 3 heterocycles. The molecule has 0 amide bonds. The van der Waals surface area contributed by atoms with Crippen molar-refractivity contribution in [1.29, 1.82) is 0 Å². The Kier molecular flexibility index (Phi) is 6.63. The zero-order valence-electron chi connectivity index (χ0n) is 18.5. The molecule has 4 aliphatic rings. The molecule has 0 bridgehead atoms. The number of likely N-dealkylation sites (tertiary alicyclic amines) is 1. The summed E-state index contributed by atoms with van der Waals surface area (Å²) in [4.78, 5) is 2.38. The van der Waals surface area contributed by atoms with E-state index >= 15 is 0 Å². The first-order valence-electron chi connectivity index (χ1n) is 11.4. The highest BCUT2D eigenvalue weighted by atomic mass is 32.2. The van der Waals surface area contributed by atoms with Crippen LogP contribution in [0.5, 0.6) is 0 Å². The van der Waals surface area contributed by atoms with Crippen LogP contribution in [0.4, 0.5) is 8.78 Å². The van der Waals surface area contributed by atoms with Crippen molar-refractivity contribution in [2.75, 3.05) is 32.8 Å². The second-order valence-corrected chi connectivity index (χ2v) is 12.1. The number of nitrogens with zero attached hydrogens (tertiary/aromatic N) is 2. The average Bonchev–Trinajstić information content (AvgIpc) is 3.49. The molecule has 0 aromatic rings. The van der Waals surface area contributed by atoms with E-state index in [2.05, 4.69) is 4.90 Å². The van der Waals surface area contributed by atoms with Gasteiger partial charge in [0.2, 0.25) is 10.0 Å². The van der Waals surface area contributed by atoms with Crippen molar-refractivity contribution in [3.8, 4) is 0 Å². The van der Waals surface area contributed by atoms with Crippen molar-refractivity contribution in [2.24, 2.45) is 11.1 Å². The van der Waals surface area contributed by atoms with Crippen LogP contribution in [0.25, 0.3) is 0 Å². The lowest BCUT2D eigenvalue weighted by Gasteiger charge is -2.45.